The van der Waals surface area contributed by atoms with Gasteiger partial charge in [-0.05, 0) is 31.2 Å². The summed E-state index contributed by atoms with van der Waals surface area (Å²) >= 11 is 0. The Bertz CT molecular complexity index is 1050. The lowest BCUT2D eigenvalue weighted by Crippen LogP contribution is -2.49. The van der Waals surface area contributed by atoms with Crippen molar-refractivity contribution in [2.75, 3.05) is 18.5 Å². The van der Waals surface area contributed by atoms with Crippen molar-refractivity contribution in [3.05, 3.63) is 30.5 Å². The number of hydrogen-bond donors (Lipinski definition) is 3. The Hall–Kier alpha value is -3.28. The number of aromatic nitrogens is 1. The molecular weight excluding hydrogens is 431 g/mol. The number of fused-ring (bicyclic) bond motifs is 2. The van der Waals surface area contributed by atoms with Gasteiger partial charge in [0.25, 0.3) is 0 Å². The average Bonchev–Trinajstić information content (AvgIpc) is 3.23. The van der Waals surface area contributed by atoms with Crippen LogP contribution in [0.3, 0.4) is 0 Å². The van der Waals surface area contributed by atoms with E-state index in [4.69, 9.17) is 5.73 Å². The Balaban J connectivity index is 1.40. The van der Waals surface area contributed by atoms with E-state index >= 15 is 0 Å². The first kappa shape index (κ1) is 21.9. The molecule has 2 fully saturated rings. The van der Waals surface area contributed by atoms with Gasteiger partial charge < -0.3 is 21.3 Å². The SMILES string of the molecule is NC(=O)n1cc(NC(=O)N2[C@@H]3C[C@@H]3C[C@H]2C(=O)NCCCOC(F)(F)F)c2ccccc21. The smallest absolute Gasteiger partial charge is 0.354 e. The van der Waals surface area contributed by atoms with E-state index in [1.165, 1.54) is 15.7 Å². The number of ether oxygens (including phenoxy) is 1. The highest BCUT2D eigenvalue weighted by Crippen LogP contribution is 2.48. The van der Waals surface area contributed by atoms with E-state index in [1.807, 2.05) is 0 Å². The molecule has 0 spiro atoms. The van der Waals surface area contributed by atoms with Crippen molar-refractivity contribution in [3.8, 4) is 0 Å². The molecule has 0 radical (unpaired) electrons. The van der Waals surface area contributed by atoms with E-state index in [2.05, 4.69) is 15.4 Å². The van der Waals surface area contributed by atoms with Gasteiger partial charge in [0.2, 0.25) is 5.91 Å². The lowest BCUT2D eigenvalue weighted by atomic mass is 10.1. The minimum absolute atomic E-state index is 0.00229. The molecule has 2 aliphatic rings. The quantitative estimate of drug-likeness (QED) is 0.583. The highest BCUT2D eigenvalue weighted by molar-refractivity contribution is 6.05. The molecule has 1 aromatic carbocycles. The maximum absolute atomic E-state index is 13.0. The molecule has 4 amide bonds. The maximum Gasteiger partial charge on any atom is 0.522 e. The van der Waals surface area contributed by atoms with Crippen molar-refractivity contribution >= 4 is 34.6 Å². The van der Waals surface area contributed by atoms with Crippen LogP contribution in [0.1, 0.15) is 19.3 Å². The van der Waals surface area contributed by atoms with Gasteiger partial charge in [0.05, 0.1) is 17.8 Å². The molecule has 172 valence electrons. The fraction of sp³-hybridized carbons (Fsp3) is 0.450. The van der Waals surface area contributed by atoms with Crippen molar-refractivity contribution in [1.82, 2.24) is 14.8 Å². The lowest BCUT2D eigenvalue weighted by Gasteiger charge is -2.27. The number of amides is 4. The molecule has 3 atom stereocenters. The Morgan fingerprint density at radius 1 is 1.19 bits per heavy atom. The molecule has 4 N–H and O–H groups in total. The first-order valence-electron chi connectivity index (χ1n) is 10.1. The third-order valence-electron chi connectivity index (χ3n) is 5.72. The van der Waals surface area contributed by atoms with E-state index in [1.54, 1.807) is 24.3 Å². The van der Waals surface area contributed by atoms with Crippen molar-refractivity contribution in [3.63, 3.8) is 0 Å². The molecule has 1 aromatic heterocycles. The first-order chi connectivity index (χ1) is 15.2. The number of nitrogens with one attached hydrogen (secondary N) is 2. The Morgan fingerprint density at radius 3 is 2.66 bits per heavy atom. The van der Waals surface area contributed by atoms with Crippen LogP contribution in [0.15, 0.2) is 30.5 Å². The van der Waals surface area contributed by atoms with Crippen LogP contribution in [0.4, 0.5) is 28.4 Å². The van der Waals surface area contributed by atoms with Gasteiger partial charge >= 0.3 is 18.4 Å². The van der Waals surface area contributed by atoms with Crippen LogP contribution < -0.4 is 16.4 Å². The number of rotatable bonds is 6. The van der Waals surface area contributed by atoms with Gasteiger partial charge in [-0.25, -0.2) is 9.59 Å². The second kappa shape index (κ2) is 8.34. The molecule has 2 heterocycles. The number of carbonyl (C=O) groups excluding carboxylic acids is 3. The van der Waals surface area contributed by atoms with Crippen LogP contribution in [-0.4, -0.2) is 59.0 Å². The second-order valence-corrected chi connectivity index (χ2v) is 7.86. The molecule has 1 aliphatic heterocycles. The lowest BCUT2D eigenvalue weighted by molar-refractivity contribution is -0.324. The zero-order valence-corrected chi connectivity index (χ0v) is 16.9. The number of likely N-dealkylation sites (tertiary alicyclic amines) is 1. The summed E-state index contributed by atoms with van der Waals surface area (Å²) in [6, 6.07) is 4.97. The van der Waals surface area contributed by atoms with Crippen LogP contribution in [0.25, 0.3) is 10.9 Å². The summed E-state index contributed by atoms with van der Waals surface area (Å²) in [7, 11) is 0. The summed E-state index contributed by atoms with van der Waals surface area (Å²) in [6.07, 6.45) is -2.00. The predicted molar refractivity (Wildman–Crippen MR) is 108 cm³/mol. The van der Waals surface area contributed by atoms with Crippen LogP contribution in [-0.2, 0) is 9.53 Å². The number of halogens is 3. The highest BCUT2D eigenvalue weighted by atomic mass is 19.4. The van der Waals surface area contributed by atoms with E-state index in [0.29, 0.717) is 23.0 Å². The number of carbonyl (C=O) groups is 3. The highest BCUT2D eigenvalue weighted by Gasteiger charge is 2.56. The molecule has 1 saturated carbocycles. The fourth-order valence-corrected chi connectivity index (χ4v) is 4.21. The molecule has 32 heavy (non-hydrogen) atoms. The first-order valence-corrected chi connectivity index (χ1v) is 10.1. The maximum atomic E-state index is 13.0. The third kappa shape index (κ3) is 4.49. The number of para-hydroxylation sites is 1. The van der Waals surface area contributed by atoms with Crippen LogP contribution in [0.2, 0.25) is 0 Å². The zero-order valence-electron chi connectivity index (χ0n) is 16.9. The van der Waals surface area contributed by atoms with E-state index in [0.717, 1.165) is 6.42 Å². The second-order valence-electron chi connectivity index (χ2n) is 7.86. The number of hydrogen-bond acceptors (Lipinski definition) is 4. The van der Waals surface area contributed by atoms with Gasteiger partial charge in [-0.3, -0.25) is 14.1 Å². The summed E-state index contributed by atoms with van der Waals surface area (Å²) in [5.74, 6) is -0.198. The number of anilines is 1. The van der Waals surface area contributed by atoms with Crippen molar-refractivity contribution in [2.45, 2.75) is 37.7 Å². The van der Waals surface area contributed by atoms with E-state index in [-0.39, 0.29) is 24.9 Å². The van der Waals surface area contributed by atoms with Gasteiger partial charge in [-0.2, -0.15) is 0 Å². The number of nitrogens with zero attached hydrogens (tertiary/aromatic N) is 2. The number of piperidine rings is 1. The molecular formula is C20H22F3N5O4. The van der Waals surface area contributed by atoms with Crippen LogP contribution in [0.5, 0.6) is 0 Å². The number of alkyl halides is 3. The Morgan fingerprint density at radius 2 is 1.94 bits per heavy atom. The minimum Gasteiger partial charge on any atom is -0.354 e. The zero-order chi connectivity index (χ0) is 23.0. The van der Waals surface area contributed by atoms with Crippen molar-refractivity contribution in [2.24, 2.45) is 11.7 Å². The third-order valence-corrected chi connectivity index (χ3v) is 5.72. The largest absolute Gasteiger partial charge is 0.522 e. The molecule has 0 bridgehead atoms. The molecule has 12 heteroatoms. The van der Waals surface area contributed by atoms with E-state index < -0.39 is 37.0 Å². The normalized spacial score (nSPS) is 22.0. The molecule has 9 nitrogen and oxygen atoms in total. The Labute approximate surface area is 180 Å². The van der Waals surface area contributed by atoms with E-state index in [9.17, 15) is 27.6 Å². The minimum atomic E-state index is -4.71. The molecule has 1 saturated heterocycles. The summed E-state index contributed by atoms with van der Waals surface area (Å²) in [4.78, 5) is 38.8. The fourth-order valence-electron chi connectivity index (χ4n) is 4.21. The topological polar surface area (TPSA) is 119 Å². The number of benzene rings is 1. The van der Waals surface area contributed by atoms with Crippen LogP contribution in [0, 0.1) is 5.92 Å². The van der Waals surface area contributed by atoms with Gasteiger partial charge in [0.15, 0.2) is 0 Å². The average molecular weight is 453 g/mol. The molecule has 2 aromatic rings. The molecule has 4 rings (SSSR count). The summed E-state index contributed by atoms with van der Waals surface area (Å²) < 4.78 is 40.9. The van der Waals surface area contributed by atoms with Gasteiger partial charge in [-0.1, -0.05) is 18.2 Å². The van der Waals surface area contributed by atoms with Crippen LogP contribution >= 0.6 is 0 Å². The predicted octanol–water partition coefficient (Wildman–Crippen LogP) is 2.61. The van der Waals surface area contributed by atoms with Gasteiger partial charge in [-0.15, -0.1) is 13.2 Å². The summed E-state index contributed by atoms with van der Waals surface area (Å²) in [5.41, 5.74) is 6.33. The Kier molecular flexibility index (Phi) is 5.71. The van der Waals surface area contributed by atoms with Crippen molar-refractivity contribution in [1.29, 1.82) is 0 Å². The number of primary amides is 1. The summed E-state index contributed by atoms with van der Waals surface area (Å²) in [6.45, 7) is -0.559. The monoisotopic (exact) mass is 453 g/mol. The molecule has 1 aliphatic carbocycles. The van der Waals surface area contributed by atoms with Crippen molar-refractivity contribution < 1.29 is 32.3 Å². The standard InChI is InChI=1S/C20H22F3N5O4/c21-20(22,23)32-7-3-6-25-17(29)16-9-11-8-15(11)28(16)19(31)26-13-10-27(18(24)30)14-5-2-1-4-12(13)14/h1-2,4-5,10-11,15-16H,3,6-9H2,(H2,24,30)(H,25,29)(H,26,31)/t11-,15-,16+/m1/s1. The molecule has 0 unspecified atom stereocenters. The van der Waals surface area contributed by atoms with Gasteiger partial charge in [0, 0.05) is 24.2 Å². The number of urea groups is 1. The van der Waals surface area contributed by atoms with Gasteiger partial charge in [0.1, 0.15) is 6.04 Å². The number of nitrogens with two attached hydrogens (primary N) is 1. The summed E-state index contributed by atoms with van der Waals surface area (Å²) in [5, 5.41) is 5.97.